The van der Waals surface area contributed by atoms with Gasteiger partial charge in [0.2, 0.25) is 0 Å². The van der Waals surface area contributed by atoms with Crippen LogP contribution in [0.4, 0.5) is 5.69 Å². The lowest BCUT2D eigenvalue weighted by atomic mass is 10.2. The molecular formula is C20H22N2O5S. The van der Waals surface area contributed by atoms with Gasteiger partial charge in [-0.05, 0) is 43.5 Å². The van der Waals surface area contributed by atoms with E-state index in [9.17, 15) is 14.4 Å². The topological polar surface area (TPSA) is 84.9 Å². The molecule has 8 heteroatoms. The van der Waals surface area contributed by atoms with E-state index in [2.05, 4.69) is 5.32 Å². The normalized spacial score (nSPS) is 19.1. The molecule has 0 bridgehead atoms. The molecule has 148 valence electrons. The smallest absolute Gasteiger partial charge is 0.338 e. The lowest BCUT2D eigenvalue weighted by molar-refractivity contribution is -0.146. The SMILES string of the molecule is C[C@@H]1CN(C(=O)COC(=O)c2cccc(NC(=O)c3cccs3)c2)C[C@@H](C)O1. The van der Waals surface area contributed by atoms with Crippen LogP contribution >= 0.6 is 11.3 Å². The number of hydrogen-bond donors (Lipinski definition) is 1. The van der Waals surface area contributed by atoms with Crippen LogP contribution in [0.3, 0.4) is 0 Å². The van der Waals surface area contributed by atoms with Crippen molar-refractivity contribution < 1.29 is 23.9 Å². The van der Waals surface area contributed by atoms with Gasteiger partial charge in [-0.2, -0.15) is 0 Å². The molecule has 0 unspecified atom stereocenters. The Labute approximate surface area is 167 Å². The van der Waals surface area contributed by atoms with Crippen LogP contribution in [-0.2, 0) is 14.3 Å². The maximum atomic E-state index is 12.3. The highest BCUT2D eigenvalue weighted by Gasteiger charge is 2.26. The van der Waals surface area contributed by atoms with E-state index in [0.717, 1.165) is 0 Å². The summed E-state index contributed by atoms with van der Waals surface area (Å²) >= 11 is 1.33. The number of nitrogens with one attached hydrogen (secondary N) is 1. The van der Waals surface area contributed by atoms with Crippen LogP contribution in [0.2, 0.25) is 0 Å². The number of carbonyl (C=O) groups is 3. The molecule has 0 aliphatic carbocycles. The summed E-state index contributed by atoms with van der Waals surface area (Å²) in [5.74, 6) is -1.11. The van der Waals surface area contributed by atoms with Crippen molar-refractivity contribution in [2.75, 3.05) is 25.0 Å². The number of esters is 1. The minimum Gasteiger partial charge on any atom is -0.452 e. The summed E-state index contributed by atoms with van der Waals surface area (Å²) in [6, 6.07) is 9.94. The number of anilines is 1. The number of carbonyl (C=O) groups excluding carboxylic acids is 3. The van der Waals surface area contributed by atoms with Gasteiger partial charge in [-0.1, -0.05) is 12.1 Å². The van der Waals surface area contributed by atoms with Crippen molar-refractivity contribution in [3.63, 3.8) is 0 Å². The fourth-order valence-corrected chi connectivity index (χ4v) is 3.63. The average Bonchev–Trinajstić information content (AvgIpc) is 3.20. The first-order chi connectivity index (χ1) is 13.4. The van der Waals surface area contributed by atoms with Gasteiger partial charge in [0.1, 0.15) is 0 Å². The Hall–Kier alpha value is -2.71. The molecule has 1 aromatic heterocycles. The number of hydrogen-bond acceptors (Lipinski definition) is 6. The van der Waals surface area contributed by atoms with Crippen molar-refractivity contribution in [1.29, 1.82) is 0 Å². The van der Waals surface area contributed by atoms with E-state index in [1.807, 2.05) is 19.2 Å². The summed E-state index contributed by atoms with van der Waals surface area (Å²) in [6.45, 7) is 4.43. The Morgan fingerprint density at radius 2 is 1.93 bits per heavy atom. The van der Waals surface area contributed by atoms with Crippen molar-refractivity contribution in [2.24, 2.45) is 0 Å². The molecule has 0 spiro atoms. The van der Waals surface area contributed by atoms with Crippen LogP contribution in [-0.4, -0.2) is 54.6 Å². The van der Waals surface area contributed by atoms with E-state index < -0.39 is 5.97 Å². The molecule has 0 radical (unpaired) electrons. The minimum absolute atomic E-state index is 0.0490. The highest BCUT2D eigenvalue weighted by atomic mass is 32.1. The highest BCUT2D eigenvalue weighted by Crippen LogP contribution is 2.16. The summed E-state index contributed by atoms with van der Waals surface area (Å²) in [5, 5.41) is 4.56. The molecule has 2 heterocycles. The summed E-state index contributed by atoms with van der Waals surface area (Å²) in [5.41, 5.74) is 0.746. The third kappa shape index (κ3) is 5.17. The Bertz CT molecular complexity index is 842. The second-order valence-corrected chi connectivity index (χ2v) is 7.59. The van der Waals surface area contributed by atoms with Crippen LogP contribution in [0.25, 0.3) is 0 Å². The van der Waals surface area contributed by atoms with Gasteiger partial charge in [-0.15, -0.1) is 11.3 Å². The van der Waals surface area contributed by atoms with Gasteiger partial charge >= 0.3 is 5.97 Å². The van der Waals surface area contributed by atoms with Crippen molar-refractivity contribution in [3.8, 4) is 0 Å². The molecule has 7 nitrogen and oxygen atoms in total. The second kappa shape index (κ2) is 8.99. The van der Waals surface area contributed by atoms with Gasteiger partial charge in [-0.3, -0.25) is 9.59 Å². The van der Waals surface area contributed by atoms with E-state index in [-0.39, 0.29) is 36.2 Å². The average molecular weight is 402 g/mol. The van der Waals surface area contributed by atoms with Gasteiger partial charge in [0.25, 0.3) is 11.8 Å². The van der Waals surface area contributed by atoms with Crippen LogP contribution in [0.5, 0.6) is 0 Å². The van der Waals surface area contributed by atoms with Crippen molar-refractivity contribution in [3.05, 3.63) is 52.2 Å². The first-order valence-electron chi connectivity index (χ1n) is 8.97. The fraction of sp³-hybridized carbons (Fsp3) is 0.350. The van der Waals surface area contributed by atoms with Crippen molar-refractivity contribution in [2.45, 2.75) is 26.1 Å². The minimum atomic E-state index is -0.616. The zero-order valence-electron chi connectivity index (χ0n) is 15.7. The molecule has 2 amide bonds. The van der Waals surface area contributed by atoms with Crippen LogP contribution < -0.4 is 5.32 Å². The summed E-state index contributed by atoms with van der Waals surface area (Å²) in [7, 11) is 0. The molecule has 1 fully saturated rings. The molecule has 0 saturated carbocycles. The number of rotatable bonds is 5. The number of thiophene rings is 1. The fourth-order valence-electron chi connectivity index (χ4n) is 3.01. The number of benzene rings is 1. The molecule has 3 rings (SSSR count). The molecule has 2 atom stereocenters. The van der Waals surface area contributed by atoms with E-state index in [0.29, 0.717) is 23.7 Å². The van der Waals surface area contributed by atoms with Gasteiger partial charge in [0.15, 0.2) is 6.61 Å². The molecular weight excluding hydrogens is 380 g/mol. The van der Waals surface area contributed by atoms with E-state index in [1.165, 1.54) is 17.4 Å². The predicted molar refractivity (Wildman–Crippen MR) is 106 cm³/mol. The number of nitrogens with zero attached hydrogens (tertiary/aromatic N) is 1. The van der Waals surface area contributed by atoms with Gasteiger partial charge in [0, 0.05) is 18.8 Å². The predicted octanol–water partition coefficient (Wildman–Crippen LogP) is 2.79. The molecule has 1 N–H and O–H groups in total. The number of ether oxygens (including phenoxy) is 2. The van der Waals surface area contributed by atoms with E-state index in [1.54, 1.807) is 35.2 Å². The zero-order chi connectivity index (χ0) is 20.1. The Balaban J connectivity index is 1.55. The summed E-state index contributed by atoms with van der Waals surface area (Å²) in [6.07, 6.45) is -0.0981. The van der Waals surface area contributed by atoms with Crippen LogP contribution in [0, 0.1) is 0 Å². The van der Waals surface area contributed by atoms with E-state index in [4.69, 9.17) is 9.47 Å². The Morgan fingerprint density at radius 1 is 1.18 bits per heavy atom. The third-order valence-corrected chi connectivity index (χ3v) is 5.07. The monoisotopic (exact) mass is 402 g/mol. The first kappa shape index (κ1) is 20.0. The van der Waals surface area contributed by atoms with E-state index >= 15 is 0 Å². The maximum absolute atomic E-state index is 12.3. The van der Waals surface area contributed by atoms with Crippen molar-refractivity contribution >= 4 is 34.8 Å². The lowest BCUT2D eigenvalue weighted by Gasteiger charge is -2.35. The van der Waals surface area contributed by atoms with Crippen molar-refractivity contribution in [1.82, 2.24) is 4.90 Å². The summed E-state index contributed by atoms with van der Waals surface area (Å²) < 4.78 is 10.8. The molecule has 1 saturated heterocycles. The van der Waals surface area contributed by atoms with Crippen LogP contribution in [0.1, 0.15) is 33.9 Å². The standard InChI is InChI=1S/C20H22N2O5S/c1-13-10-22(11-14(2)27-13)18(23)12-26-20(25)15-5-3-6-16(9-15)21-19(24)17-7-4-8-28-17/h3-9,13-14H,10-12H2,1-2H3,(H,21,24)/t13-,14-/m1/s1. The molecule has 2 aromatic rings. The van der Waals surface area contributed by atoms with Crippen LogP contribution in [0.15, 0.2) is 41.8 Å². The Morgan fingerprint density at radius 3 is 2.61 bits per heavy atom. The maximum Gasteiger partial charge on any atom is 0.338 e. The largest absolute Gasteiger partial charge is 0.452 e. The van der Waals surface area contributed by atoms with Gasteiger partial charge in [0.05, 0.1) is 22.6 Å². The van der Waals surface area contributed by atoms with Gasteiger partial charge in [-0.25, -0.2) is 4.79 Å². The number of amides is 2. The summed E-state index contributed by atoms with van der Waals surface area (Å²) in [4.78, 5) is 38.9. The Kier molecular flexibility index (Phi) is 6.43. The quantitative estimate of drug-likeness (QED) is 0.778. The molecule has 1 aliphatic rings. The second-order valence-electron chi connectivity index (χ2n) is 6.64. The first-order valence-corrected chi connectivity index (χ1v) is 9.85. The molecule has 1 aliphatic heterocycles. The third-order valence-electron chi connectivity index (χ3n) is 4.20. The zero-order valence-corrected chi connectivity index (χ0v) is 16.5. The number of morpholine rings is 1. The molecule has 28 heavy (non-hydrogen) atoms. The van der Waals surface area contributed by atoms with Gasteiger partial charge < -0.3 is 19.7 Å². The lowest BCUT2D eigenvalue weighted by Crippen LogP contribution is -2.49. The molecule has 1 aromatic carbocycles. The highest BCUT2D eigenvalue weighted by molar-refractivity contribution is 7.12.